The number of rotatable bonds is 6. The minimum absolute atomic E-state index is 0.224. The number of aliphatic hydroxyl groups is 1. The quantitative estimate of drug-likeness (QED) is 0.797. The number of aliphatic hydroxyl groups excluding tert-OH is 1. The second kappa shape index (κ2) is 6.66. The summed E-state index contributed by atoms with van der Waals surface area (Å²) in [4.78, 5) is 2.12. The van der Waals surface area contributed by atoms with Gasteiger partial charge in [-0.25, -0.2) is 0 Å². The van der Waals surface area contributed by atoms with Gasteiger partial charge in [-0.3, -0.25) is 4.90 Å². The van der Waals surface area contributed by atoms with E-state index >= 15 is 0 Å². The molecule has 0 heterocycles. The molecule has 0 radical (unpaired) electrons. The van der Waals surface area contributed by atoms with Gasteiger partial charge in [0.15, 0.2) is 0 Å². The van der Waals surface area contributed by atoms with Gasteiger partial charge in [-0.05, 0) is 30.5 Å². The molecule has 0 saturated heterocycles. The largest absolute Gasteiger partial charge is 0.395 e. The molecule has 0 aliphatic rings. The van der Waals surface area contributed by atoms with Crippen molar-refractivity contribution in [2.75, 3.05) is 20.2 Å². The fourth-order valence-electron chi connectivity index (χ4n) is 1.81. The van der Waals surface area contributed by atoms with Gasteiger partial charge < -0.3 is 5.11 Å². The standard InChI is InChI=1S/C14H23NO/c1-12(2)10-13-4-6-14(7-5-13)11-15(3)8-9-16/h4-7,12,16H,8-11H2,1-3H3. The molecular formula is C14H23NO. The van der Waals surface area contributed by atoms with Crippen LogP contribution in [0.1, 0.15) is 25.0 Å². The summed E-state index contributed by atoms with van der Waals surface area (Å²) in [5.74, 6) is 0.711. The van der Waals surface area contributed by atoms with E-state index in [1.165, 1.54) is 11.1 Å². The van der Waals surface area contributed by atoms with Crippen molar-refractivity contribution >= 4 is 0 Å². The Bertz CT molecular complexity index is 292. The first-order chi connectivity index (χ1) is 7.61. The molecule has 0 aromatic heterocycles. The van der Waals surface area contributed by atoms with Gasteiger partial charge in [-0.1, -0.05) is 38.1 Å². The average Bonchev–Trinajstić information content (AvgIpc) is 2.20. The van der Waals surface area contributed by atoms with Crippen molar-refractivity contribution in [3.8, 4) is 0 Å². The van der Waals surface area contributed by atoms with E-state index in [2.05, 4.69) is 43.0 Å². The fourth-order valence-corrected chi connectivity index (χ4v) is 1.81. The Kier molecular flexibility index (Phi) is 5.50. The molecule has 0 fully saturated rings. The molecule has 1 aromatic rings. The Labute approximate surface area is 98.9 Å². The summed E-state index contributed by atoms with van der Waals surface area (Å²) in [7, 11) is 2.03. The second-order valence-electron chi connectivity index (χ2n) is 4.88. The number of likely N-dealkylation sites (N-methyl/N-ethyl adjacent to an activating group) is 1. The van der Waals surface area contributed by atoms with Crippen LogP contribution in [0.3, 0.4) is 0 Å². The summed E-state index contributed by atoms with van der Waals surface area (Å²) in [5, 5.41) is 8.82. The topological polar surface area (TPSA) is 23.5 Å². The first-order valence-corrected chi connectivity index (χ1v) is 5.99. The minimum atomic E-state index is 0.224. The molecule has 0 atom stereocenters. The Morgan fingerprint density at radius 1 is 1.12 bits per heavy atom. The normalized spacial score (nSPS) is 11.4. The van der Waals surface area contributed by atoms with E-state index in [4.69, 9.17) is 5.11 Å². The van der Waals surface area contributed by atoms with Gasteiger partial charge in [0.1, 0.15) is 0 Å². The summed E-state index contributed by atoms with van der Waals surface area (Å²) in [6.45, 7) is 6.34. The van der Waals surface area contributed by atoms with Crippen molar-refractivity contribution in [1.82, 2.24) is 4.90 Å². The van der Waals surface area contributed by atoms with Crippen LogP contribution in [-0.4, -0.2) is 30.2 Å². The lowest BCUT2D eigenvalue weighted by Crippen LogP contribution is -2.21. The molecule has 90 valence electrons. The van der Waals surface area contributed by atoms with E-state index in [1.54, 1.807) is 0 Å². The van der Waals surface area contributed by atoms with Crippen LogP contribution in [0.4, 0.5) is 0 Å². The van der Waals surface area contributed by atoms with Crippen molar-refractivity contribution in [1.29, 1.82) is 0 Å². The first-order valence-electron chi connectivity index (χ1n) is 5.99. The summed E-state index contributed by atoms with van der Waals surface area (Å²) >= 11 is 0. The smallest absolute Gasteiger partial charge is 0.0558 e. The molecule has 16 heavy (non-hydrogen) atoms. The van der Waals surface area contributed by atoms with Crippen LogP contribution in [0, 0.1) is 5.92 Å². The zero-order valence-electron chi connectivity index (χ0n) is 10.6. The van der Waals surface area contributed by atoms with Crippen LogP contribution in [-0.2, 0) is 13.0 Å². The third-order valence-electron chi connectivity index (χ3n) is 2.60. The van der Waals surface area contributed by atoms with Crippen LogP contribution < -0.4 is 0 Å². The molecule has 0 unspecified atom stereocenters. The predicted octanol–water partition coefficient (Wildman–Crippen LogP) is 2.31. The lowest BCUT2D eigenvalue weighted by Gasteiger charge is -2.15. The van der Waals surface area contributed by atoms with Gasteiger partial charge in [0.2, 0.25) is 0 Å². The predicted molar refractivity (Wildman–Crippen MR) is 68.4 cm³/mol. The molecule has 2 heteroatoms. The summed E-state index contributed by atoms with van der Waals surface area (Å²) in [5.41, 5.74) is 2.71. The number of hydrogen-bond acceptors (Lipinski definition) is 2. The maximum atomic E-state index is 8.82. The van der Waals surface area contributed by atoms with Gasteiger partial charge >= 0.3 is 0 Å². The van der Waals surface area contributed by atoms with Crippen LogP contribution in [0.25, 0.3) is 0 Å². The van der Waals surface area contributed by atoms with Gasteiger partial charge in [0.05, 0.1) is 6.61 Å². The molecule has 0 aliphatic carbocycles. The van der Waals surface area contributed by atoms with E-state index in [0.717, 1.165) is 19.5 Å². The highest BCUT2D eigenvalue weighted by Crippen LogP contribution is 2.10. The SMILES string of the molecule is CC(C)Cc1ccc(CN(C)CCO)cc1. The van der Waals surface area contributed by atoms with Gasteiger partial charge in [0, 0.05) is 13.1 Å². The zero-order valence-corrected chi connectivity index (χ0v) is 10.6. The minimum Gasteiger partial charge on any atom is -0.395 e. The molecule has 0 amide bonds. The molecule has 0 aliphatic heterocycles. The first kappa shape index (κ1) is 13.2. The average molecular weight is 221 g/mol. The summed E-state index contributed by atoms with van der Waals surface area (Å²) in [6, 6.07) is 8.79. The van der Waals surface area contributed by atoms with Gasteiger partial charge in [-0.15, -0.1) is 0 Å². The van der Waals surface area contributed by atoms with Crippen LogP contribution >= 0.6 is 0 Å². The molecule has 1 rings (SSSR count). The Balaban J connectivity index is 2.50. The van der Waals surface area contributed by atoms with Crippen molar-refractivity contribution in [3.63, 3.8) is 0 Å². The van der Waals surface area contributed by atoms with Crippen molar-refractivity contribution in [2.45, 2.75) is 26.8 Å². The number of benzene rings is 1. The zero-order chi connectivity index (χ0) is 12.0. The lowest BCUT2D eigenvalue weighted by atomic mass is 10.0. The highest BCUT2D eigenvalue weighted by atomic mass is 16.3. The molecule has 0 bridgehead atoms. The number of nitrogens with zero attached hydrogens (tertiary/aromatic N) is 1. The molecule has 0 spiro atoms. The van der Waals surface area contributed by atoms with Crippen LogP contribution in [0.2, 0.25) is 0 Å². The second-order valence-corrected chi connectivity index (χ2v) is 4.88. The third-order valence-corrected chi connectivity index (χ3v) is 2.60. The van der Waals surface area contributed by atoms with Crippen molar-refractivity contribution in [3.05, 3.63) is 35.4 Å². The van der Waals surface area contributed by atoms with E-state index in [9.17, 15) is 0 Å². The Morgan fingerprint density at radius 2 is 1.69 bits per heavy atom. The molecule has 1 N–H and O–H groups in total. The van der Waals surface area contributed by atoms with E-state index in [-0.39, 0.29) is 6.61 Å². The maximum absolute atomic E-state index is 8.82. The maximum Gasteiger partial charge on any atom is 0.0558 e. The molecule has 1 aromatic carbocycles. The van der Waals surface area contributed by atoms with Crippen LogP contribution in [0.15, 0.2) is 24.3 Å². The van der Waals surface area contributed by atoms with Crippen LogP contribution in [0.5, 0.6) is 0 Å². The molecule has 0 saturated carbocycles. The third kappa shape index (κ3) is 4.77. The number of hydrogen-bond donors (Lipinski definition) is 1. The lowest BCUT2D eigenvalue weighted by molar-refractivity contribution is 0.217. The summed E-state index contributed by atoms with van der Waals surface area (Å²) in [6.07, 6.45) is 1.15. The molecule has 2 nitrogen and oxygen atoms in total. The van der Waals surface area contributed by atoms with E-state index < -0.39 is 0 Å². The monoisotopic (exact) mass is 221 g/mol. The van der Waals surface area contributed by atoms with Crippen molar-refractivity contribution in [2.24, 2.45) is 5.92 Å². The van der Waals surface area contributed by atoms with Gasteiger partial charge in [-0.2, -0.15) is 0 Å². The van der Waals surface area contributed by atoms with E-state index in [1.807, 2.05) is 7.05 Å². The Hall–Kier alpha value is -0.860. The van der Waals surface area contributed by atoms with Gasteiger partial charge in [0.25, 0.3) is 0 Å². The summed E-state index contributed by atoms with van der Waals surface area (Å²) < 4.78 is 0. The van der Waals surface area contributed by atoms with Crippen molar-refractivity contribution < 1.29 is 5.11 Å². The highest BCUT2D eigenvalue weighted by molar-refractivity contribution is 5.22. The Morgan fingerprint density at radius 3 is 2.19 bits per heavy atom. The fraction of sp³-hybridized carbons (Fsp3) is 0.571. The highest BCUT2D eigenvalue weighted by Gasteiger charge is 2.01. The molecular weight excluding hydrogens is 198 g/mol. The van der Waals surface area contributed by atoms with E-state index in [0.29, 0.717) is 5.92 Å².